The second-order valence-corrected chi connectivity index (χ2v) is 6.18. The van der Waals surface area contributed by atoms with Crippen molar-refractivity contribution in [3.05, 3.63) is 70.4 Å². The third kappa shape index (κ3) is 2.25. The SMILES string of the molecule is Fc1cc(C(Br)c2csc3ccccc23)cc(F)c1F. The summed E-state index contributed by atoms with van der Waals surface area (Å²) in [6.07, 6.45) is 0. The Balaban J connectivity index is 2.11. The van der Waals surface area contributed by atoms with Crippen molar-refractivity contribution in [3.8, 4) is 0 Å². The van der Waals surface area contributed by atoms with Crippen LogP contribution in [0.15, 0.2) is 41.8 Å². The number of hydrogen-bond acceptors (Lipinski definition) is 1. The number of alkyl halides is 1. The van der Waals surface area contributed by atoms with E-state index < -0.39 is 17.5 Å². The number of halogens is 4. The van der Waals surface area contributed by atoms with Crippen LogP contribution in [-0.2, 0) is 0 Å². The largest absolute Gasteiger partial charge is 0.204 e. The van der Waals surface area contributed by atoms with Gasteiger partial charge in [-0.15, -0.1) is 11.3 Å². The molecule has 102 valence electrons. The van der Waals surface area contributed by atoms with Crippen LogP contribution in [0.25, 0.3) is 10.1 Å². The van der Waals surface area contributed by atoms with E-state index in [2.05, 4.69) is 15.9 Å². The highest BCUT2D eigenvalue weighted by molar-refractivity contribution is 9.09. The predicted octanol–water partition coefficient (Wildman–Crippen LogP) is 5.80. The molecule has 0 saturated heterocycles. The van der Waals surface area contributed by atoms with Crippen LogP contribution in [0.4, 0.5) is 13.2 Å². The van der Waals surface area contributed by atoms with Crippen molar-refractivity contribution in [2.75, 3.05) is 0 Å². The fourth-order valence-electron chi connectivity index (χ4n) is 2.10. The van der Waals surface area contributed by atoms with Gasteiger partial charge in [-0.05, 0) is 40.1 Å². The summed E-state index contributed by atoms with van der Waals surface area (Å²) in [6.45, 7) is 0. The van der Waals surface area contributed by atoms with E-state index >= 15 is 0 Å². The standard InChI is InChI=1S/C15H8BrF3S/c16-14(8-5-11(17)15(19)12(18)6-8)10-7-20-13-4-2-1-3-9(10)13/h1-7,14H. The Morgan fingerprint density at radius 2 is 1.65 bits per heavy atom. The Hall–Kier alpha value is -1.33. The molecule has 0 N–H and O–H groups in total. The zero-order valence-corrected chi connectivity index (χ0v) is 12.4. The maximum Gasteiger partial charge on any atom is 0.194 e. The molecule has 0 bridgehead atoms. The zero-order chi connectivity index (χ0) is 14.3. The summed E-state index contributed by atoms with van der Waals surface area (Å²) in [4.78, 5) is -0.386. The van der Waals surface area contributed by atoms with Crippen LogP contribution in [0.1, 0.15) is 16.0 Å². The molecule has 2 aromatic carbocycles. The first-order chi connectivity index (χ1) is 9.58. The van der Waals surface area contributed by atoms with E-state index in [1.165, 1.54) is 0 Å². The van der Waals surface area contributed by atoms with Gasteiger partial charge in [0.1, 0.15) is 0 Å². The van der Waals surface area contributed by atoms with Crippen LogP contribution in [0.3, 0.4) is 0 Å². The number of rotatable bonds is 2. The lowest BCUT2D eigenvalue weighted by molar-refractivity contribution is 0.445. The Bertz CT molecular complexity index is 759. The smallest absolute Gasteiger partial charge is 0.194 e. The highest BCUT2D eigenvalue weighted by atomic mass is 79.9. The third-order valence-corrected chi connectivity index (χ3v) is 5.09. The minimum Gasteiger partial charge on any atom is -0.204 e. The van der Waals surface area contributed by atoms with Gasteiger partial charge >= 0.3 is 0 Å². The van der Waals surface area contributed by atoms with Crippen molar-refractivity contribution in [1.82, 2.24) is 0 Å². The average Bonchev–Trinajstić information content (AvgIpc) is 2.87. The summed E-state index contributed by atoms with van der Waals surface area (Å²) in [5, 5.41) is 2.95. The molecule has 1 aromatic heterocycles. The molecule has 3 rings (SSSR count). The van der Waals surface area contributed by atoms with Crippen LogP contribution < -0.4 is 0 Å². The Morgan fingerprint density at radius 1 is 1.00 bits per heavy atom. The molecule has 5 heteroatoms. The fraction of sp³-hybridized carbons (Fsp3) is 0.0667. The second-order valence-electron chi connectivity index (χ2n) is 4.35. The van der Waals surface area contributed by atoms with Gasteiger partial charge in [0.05, 0.1) is 4.83 Å². The summed E-state index contributed by atoms with van der Waals surface area (Å²) in [5.74, 6) is -3.79. The van der Waals surface area contributed by atoms with Crippen LogP contribution >= 0.6 is 27.3 Å². The minimum absolute atomic E-state index is 0.352. The van der Waals surface area contributed by atoms with E-state index in [1.54, 1.807) is 11.3 Å². The average molecular weight is 357 g/mol. The van der Waals surface area contributed by atoms with Gasteiger partial charge in [-0.2, -0.15) is 0 Å². The number of benzene rings is 2. The first-order valence-electron chi connectivity index (χ1n) is 5.82. The van der Waals surface area contributed by atoms with E-state index in [4.69, 9.17) is 0 Å². The highest BCUT2D eigenvalue weighted by Crippen LogP contribution is 2.39. The van der Waals surface area contributed by atoms with Gasteiger partial charge in [-0.25, -0.2) is 13.2 Å². The number of fused-ring (bicyclic) bond motifs is 1. The molecular weight excluding hydrogens is 349 g/mol. The molecule has 1 atom stereocenters. The Morgan fingerprint density at radius 3 is 2.35 bits per heavy atom. The molecule has 0 aliphatic carbocycles. The molecule has 20 heavy (non-hydrogen) atoms. The Labute approximate surface area is 126 Å². The molecule has 0 spiro atoms. The van der Waals surface area contributed by atoms with Gasteiger partial charge in [0.15, 0.2) is 17.5 Å². The number of thiophene rings is 1. The van der Waals surface area contributed by atoms with Gasteiger partial charge in [0, 0.05) is 4.70 Å². The molecule has 0 nitrogen and oxygen atoms in total. The quantitative estimate of drug-likeness (QED) is 0.402. The summed E-state index contributed by atoms with van der Waals surface area (Å²) in [6, 6.07) is 9.81. The monoisotopic (exact) mass is 356 g/mol. The molecule has 0 aliphatic heterocycles. The van der Waals surface area contributed by atoms with E-state index in [1.807, 2.05) is 29.6 Å². The summed E-state index contributed by atoms with van der Waals surface area (Å²) in [5.41, 5.74) is 1.26. The second kappa shape index (κ2) is 5.22. The topological polar surface area (TPSA) is 0 Å². The summed E-state index contributed by atoms with van der Waals surface area (Å²) >= 11 is 5.00. The highest BCUT2D eigenvalue weighted by Gasteiger charge is 2.19. The molecule has 0 amide bonds. The van der Waals surface area contributed by atoms with Crippen molar-refractivity contribution in [3.63, 3.8) is 0 Å². The molecule has 1 unspecified atom stereocenters. The van der Waals surface area contributed by atoms with Crippen molar-refractivity contribution >= 4 is 37.4 Å². The lowest BCUT2D eigenvalue weighted by Gasteiger charge is -2.10. The van der Waals surface area contributed by atoms with Gasteiger partial charge < -0.3 is 0 Å². The van der Waals surface area contributed by atoms with E-state index in [0.29, 0.717) is 5.56 Å². The molecular formula is C15H8BrF3S. The van der Waals surface area contributed by atoms with Crippen LogP contribution in [0.5, 0.6) is 0 Å². The Kier molecular flexibility index (Phi) is 3.56. The molecule has 0 aliphatic rings. The van der Waals surface area contributed by atoms with E-state index in [-0.39, 0.29) is 4.83 Å². The van der Waals surface area contributed by atoms with E-state index in [9.17, 15) is 13.2 Å². The molecule has 0 fully saturated rings. The molecule has 3 aromatic rings. The van der Waals surface area contributed by atoms with E-state index in [0.717, 1.165) is 27.8 Å². The zero-order valence-electron chi connectivity index (χ0n) is 10.0. The van der Waals surface area contributed by atoms with Crippen molar-refractivity contribution in [2.45, 2.75) is 4.83 Å². The molecule has 0 radical (unpaired) electrons. The number of hydrogen-bond donors (Lipinski definition) is 0. The van der Waals surface area contributed by atoms with Gasteiger partial charge in [0.2, 0.25) is 0 Å². The van der Waals surface area contributed by atoms with Crippen molar-refractivity contribution < 1.29 is 13.2 Å². The minimum atomic E-state index is -1.44. The van der Waals surface area contributed by atoms with Crippen LogP contribution in [0.2, 0.25) is 0 Å². The normalized spacial score (nSPS) is 12.8. The summed E-state index contributed by atoms with van der Waals surface area (Å²) in [7, 11) is 0. The first kappa shape index (κ1) is 13.6. The van der Waals surface area contributed by atoms with Gasteiger partial charge in [-0.1, -0.05) is 34.1 Å². The maximum absolute atomic E-state index is 13.3. The molecule has 1 heterocycles. The van der Waals surface area contributed by atoms with Crippen LogP contribution in [0, 0.1) is 17.5 Å². The maximum atomic E-state index is 13.3. The van der Waals surface area contributed by atoms with Crippen LogP contribution in [-0.4, -0.2) is 0 Å². The first-order valence-corrected chi connectivity index (χ1v) is 7.62. The summed E-state index contributed by atoms with van der Waals surface area (Å²) < 4.78 is 40.7. The van der Waals surface area contributed by atoms with Crippen molar-refractivity contribution in [1.29, 1.82) is 0 Å². The lowest BCUT2D eigenvalue weighted by Crippen LogP contribution is -1.98. The molecule has 0 saturated carbocycles. The lowest BCUT2D eigenvalue weighted by atomic mass is 10.0. The fourth-order valence-corrected chi connectivity index (χ4v) is 3.90. The van der Waals surface area contributed by atoms with Crippen molar-refractivity contribution in [2.24, 2.45) is 0 Å². The third-order valence-electron chi connectivity index (χ3n) is 3.08. The van der Waals surface area contributed by atoms with Gasteiger partial charge in [-0.3, -0.25) is 0 Å². The predicted molar refractivity (Wildman–Crippen MR) is 78.9 cm³/mol. The van der Waals surface area contributed by atoms with Gasteiger partial charge in [0.25, 0.3) is 0 Å².